The van der Waals surface area contributed by atoms with Gasteiger partial charge >= 0.3 is 0 Å². The summed E-state index contributed by atoms with van der Waals surface area (Å²) in [5, 5.41) is 4.59. The molecule has 7 heteroatoms. The standard InChI is InChI=1S/C13H13N5OS/c1-3-8-4-9(10(14)20-8)13-17-12(18-19-13)11-15-5-7(2)6-16-11/h4-6H,3,14H2,1-2H3. The number of hydrogen-bond acceptors (Lipinski definition) is 7. The van der Waals surface area contributed by atoms with Crippen LogP contribution in [-0.2, 0) is 6.42 Å². The summed E-state index contributed by atoms with van der Waals surface area (Å²) in [6.07, 6.45) is 4.36. The summed E-state index contributed by atoms with van der Waals surface area (Å²) in [4.78, 5) is 13.8. The van der Waals surface area contributed by atoms with Crippen molar-refractivity contribution in [2.24, 2.45) is 0 Å². The van der Waals surface area contributed by atoms with Gasteiger partial charge in [0.25, 0.3) is 5.89 Å². The van der Waals surface area contributed by atoms with E-state index in [0.717, 1.165) is 17.5 Å². The molecule has 3 heterocycles. The van der Waals surface area contributed by atoms with Crippen molar-refractivity contribution < 1.29 is 4.52 Å². The van der Waals surface area contributed by atoms with Crippen LogP contribution in [0.5, 0.6) is 0 Å². The Balaban J connectivity index is 1.97. The molecule has 0 aliphatic carbocycles. The van der Waals surface area contributed by atoms with Crippen LogP contribution < -0.4 is 5.73 Å². The van der Waals surface area contributed by atoms with E-state index in [1.807, 2.05) is 13.0 Å². The van der Waals surface area contributed by atoms with Crippen molar-refractivity contribution in [1.29, 1.82) is 0 Å². The summed E-state index contributed by atoms with van der Waals surface area (Å²) in [5.41, 5.74) is 7.73. The van der Waals surface area contributed by atoms with Gasteiger partial charge in [0.05, 0.1) is 10.6 Å². The molecule has 0 unspecified atom stereocenters. The lowest BCUT2D eigenvalue weighted by atomic mass is 10.2. The van der Waals surface area contributed by atoms with Gasteiger partial charge in [0, 0.05) is 17.3 Å². The fourth-order valence-electron chi connectivity index (χ4n) is 1.73. The Bertz CT molecular complexity index is 732. The highest BCUT2D eigenvalue weighted by Gasteiger charge is 2.16. The molecule has 102 valence electrons. The molecule has 20 heavy (non-hydrogen) atoms. The summed E-state index contributed by atoms with van der Waals surface area (Å²) in [6.45, 7) is 4.00. The van der Waals surface area contributed by atoms with Crippen LogP contribution in [0.2, 0.25) is 0 Å². The quantitative estimate of drug-likeness (QED) is 0.796. The second kappa shape index (κ2) is 5.01. The van der Waals surface area contributed by atoms with E-state index < -0.39 is 0 Å². The Morgan fingerprint density at radius 2 is 2.00 bits per heavy atom. The van der Waals surface area contributed by atoms with Crippen LogP contribution in [0.15, 0.2) is 23.0 Å². The Labute approximate surface area is 119 Å². The van der Waals surface area contributed by atoms with Crippen LogP contribution in [0, 0.1) is 6.92 Å². The molecular formula is C13H13N5OS. The maximum Gasteiger partial charge on any atom is 0.261 e. The molecule has 0 aliphatic rings. The van der Waals surface area contributed by atoms with Crippen molar-refractivity contribution in [3.05, 3.63) is 28.9 Å². The van der Waals surface area contributed by atoms with Gasteiger partial charge in [-0.25, -0.2) is 9.97 Å². The fraction of sp³-hybridized carbons (Fsp3) is 0.231. The minimum Gasteiger partial charge on any atom is -0.390 e. The molecule has 0 bridgehead atoms. The largest absolute Gasteiger partial charge is 0.390 e. The monoisotopic (exact) mass is 287 g/mol. The van der Waals surface area contributed by atoms with Gasteiger partial charge in [-0.3, -0.25) is 0 Å². The number of nitrogens with zero attached hydrogens (tertiary/aromatic N) is 4. The first-order chi connectivity index (χ1) is 9.67. The lowest BCUT2D eigenvalue weighted by Crippen LogP contribution is -1.91. The molecule has 3 aromatic rings. The summed E-state index contributed by atoms with van der Waals surface area (Å²) in [5.74, 6) is 1.20. The summed E-state index contributed by atoms with van der Waals surface area (Å²) >= 11 is 1.53. The van der Waals surface area contributed by atoms with E-state index >= 15 is 0 Å². The molecule has 0 saturated carbocycles. The number of thiophene rings is 1. The van der Waals surface area contributed by atoms with Gasteiger partial charge in [-0.15, -0.1) is 11.3 Å². The van der Waals surface area contributed by atoms with Crippen molar-refractivity contribution in [2.75, 3.05) is 5.73 Å². The summed E-state index contributed by atoms with van der Waals surface area (Å²) in [7, 11) is 0. The van der Waals surface area contributed by atoms with Crippen molar-refractivity contribution in [3.8, 4) is 23.1 Å². The zero-order chi connectivity index (χ0) is 14.1. The molecule has 0 fully saturated rings. The number of aromatic nitrogens is 4. The third-order valence-corrected chi connectivity index (χ3v) is 3.91. The van der Waals surface area contributed by atoms with Crippen molar-refractivity contribution >= 4 is 16.3 Å². The van der Waals surface area contributed by atoms with Crippen LogP contribution in [0.3, 0.4) is 0 Å². The van der Waals surface area contributed by atoms with E-state index in [9.17, 15) is 0 Å². The minimum absolute atomic E-state index is 0.364. The van der Waals surface area contributed by atoms with E-state index in [1.165, 1.54) is 16.2 Å². The molecule has 0 radical (unpaired) electrons. The topological polar surface area (TPSA) is 90.7 Å². The van der Waals surface area contributed by atoms with Gasteiger partial charge in [0.15, 0.2) is 0 Å². The van der Waals surface area contributed by atoms with Crippen molar-refractivity contribution in [1.82, 2.24) is 20.1 Å². The Hall–Kier alpha value is -2.28. The number of aryl methyl sites for hydroxylation is 2. The van der Waals surface area contributed by atoms with Crippen LogP contribution in [0.1, 0.15) is 17.4 Å². The first-order valence-corrected chi connectivity index (χ1v) is 7.00. The molecule has 3 rings (SSSR count). The van der Waals surface area contributed by atoms with Gasteiger partial charge in [0.1, 0.15) is 0 Å². The molecule has 0 atom stereocenters. The van der Waals surface area contributed by atoms with Crippen LogP contribution >= 0.6 is 11.3 Å². The zero-order valence-electron chi connectivity index (χ0n) is 11.1. The second-order valence-electron chi connectivity index (χ2n) is 4.35. The number of nitrogens with two attached hydrogens (primary N) is 1. The predicted octanol–water partition coefficient (Wildman–Crippen LogP) is 2.71. The average Bonchev–Trinajstić information content (AvgIpc) is 3.06. The van der Waals surface area contributed by atoms with Gasteiger partial charge in [-0.2, -0.15) is 4.98 Å². The summed E-state index contributed by atoms with van der Waals surface area (Å²) in [6, 6.07) is 1.98. The second-order valence-corrected chi connectivity index (χ2v) is 5.52. The average molecular weight is 287 g/mol. The third-order valence-electron chi connectivity index (χ3n) is 2.80. The molecule has 6 nitrogen and oxygen atoms in total. The maximum absolute atomic E-state index is 5.98. The first-order valence-electron chi connectivity index (χ1n) is 6.18. The van der Waals surface area contributed by atoms with E-state index in [2.05, 4.69) is 27.0 Å². The van der Waals surface area contributed by atoms with Gasteiger partial charge in [-0.1, -0.05) is 12.1 Å². The molecule has 2 N–H and O–H groups in total. The lowest BCUT2D eigenvalue weighted by molar-refractivity contribution is 0.432. The highest BCUT2D eigenvalue weighted by atomic mass is 32.1. The molecular weight excluding hydrogens is 274 g/mol. The van der Waals surface area contributed by atoms with E-state index in [-0.39, 0.29) is 0 Å². The van der Waals surface area contributed by atoms with Crippen molar-refractivity contribution in [3.63, 3.8) is 0 Å². The minimum atomic E-state index is 0.364. The van der Waals surface area contributed by atoms with Crippen molar-refractivity contribution in [2.45, 2.75) is 20.3 Å². The molecule has 0 aromatic carbocycles. The molecule has 0 saturated heterocycles. The van der Waals surface area contributed by atoms with E-state index in [1.54, 1.807) is 12.4 Å². The Kier molecular flexibility index (Phi) is 3.19. The van der Waals surface area contributed by atoms with Crippen LogP contribution in [0.4, 0.5) is 5.00 Å². The van der Waals surface area contributed by atoms with E-state index in [4.69, 9.17) is 10.3 Å². The lowest BCUT2D eigenvalue weighted by Gasteiger charge is -1.92. The summed E-state index contributed by atoms with van der Waals surface area (Å²) < 4.78 is 5.26. The SMILES string of the molecule is CCc1cc(-c2nc(-c3ncc(C)cn3)no2)c(N)s1. The number of hydrogen-bond donors (Lipinski definition) is 1. The number of rotatable bonds is 3. The zero-order valence-corrected chi connectivity index (χ0v) is 11.9. The third kappa shape index (κ3) is 2.27. The molecule has 0 aliphatic heterocycles. The normalized spacial score (nSPS) is 10.9. The highest BCUT2D eigenvalue weighted by molar-refractivity contribution is 7.16. The van der Waals surface area contributed by atoms with Gasteiger partial charge in [-0.05, 0) is 25.0 Å². The smallest absolute Gasteiger partial charge is 0.261 e. The van der Waals surface area contributed by atoms with Crippen LogP contribution in [-0.4, -0.2) is 20.1 Å². The molecule has 3 aromatic heterocycles. The Morgan fingerprint density at radius 3 is 2.65 bits per heavy atom. The predicted molar refractivity (Wildman–Crippen MR) is 77.2 cm³/mol. The highest BCUT2D eigenvalue weighted by Crippen LogP contribution is 2.33. The maximum atomic E-state index is 5.98. The fourth-order valence-corrected chi connectivity index (χ4v) is 2.59. The van der Waals surface area contributed by atoms with E-state index in [0.29, 0.717) is 22.5 Å². The molecule has 0 spiro atoms. The first kappa shape index (κ1) is 12.7. The number of anilines is 1. The Morgan fingerprint density at radius 1 is 1.25 bits per heavy atom. The van der Waals surface area contributed by atoms with Crippen LogP contribution in [0.25, 0.3) is 23.1 Å². The number of nitrogen functional groups attached to an aromatic ring is 1. The van der Waals surface area contributed by atoms with Gasteiger partial charge < -0.3 is 10.3 Å². The molecule has 0 amide bonds. The van der Waals surface area contributed by atoms with Gasteiger partial charge in [0.2, 0.25) is 11.6 Å².